The topological polar surface area (TPSA) is 30.3 Å². The van der Waals surface area contributed by atoms with Gasteiger partial charge in [-0.15, -0.1) is 0 Å². The summed E-state index contributed by atoms with van der Waals surface area (Å²) in [5.74, 6) is 0.867. The van der Waals surface area contributed by atoms with Crippen molar-refractivity contribution in [2.24, 2.45) is 0 Å². The summed E-state index contributed by atoms with van der Waals surface area (Å²) in [4.78, 5) is 7.12. The molecule has 1 aliphatic heterocycles. The molecule has 3 heterocycles. The van der Waals surface area contributed by atoms with Gasteiger partial charge in [-0.05, 0) is 37.9 Å². The SMILES string of the molecule is COc1cnc2c(c1)c1c(n2C2CC2)CCN(C)CC1. The van der Waals surface area contributed by atoms with Crippen LogP contribution >= 0.6 is 0 Å². The highest BCUT2D eigenvalue weighted by atomic mass is 16.5. The minimum absolute atomic E-state index is 0.686. The standard InChI is InChI=1S/C16H21N3O/c1-18-7-5-13-14-9-12(20-2)10-17-16(14)19(11-3-4-11)15(13)6-8-18/h9-11H,3-8H2,1-2H3. The minimum atomic E-state index is 0.686. The molecular weight excluding hydrogens is 250 g/mol. The first kappa shape index (κ1) is 12.2. The molecule has 0 radical (unpaired) electrons. The average Bonchev–Trinajstić information content (AvgIpc) is 3.27. The Morgan fingerprint density at radius 3 is 2.80 bits per heavy atom. The van der Waals surface area contributed by atoms with Crippen LogP contribution in [0.3, 0.4) is 0 Å². The Bertz CT molecular complexity index is 657. The minimum Gasteiger partial charge on any atom is -0.495 e. The molecule has 4 nitrogen and oxygen atoms in total. The molecule has 0 amide bonds. The van der Waals surface area contributed by atoms with E-state index in [2.05, 4.69) is 22.6 Å². The number of ether oxygens (including phenoxy) is 1. The van der Waals surface area contributed by atoms with Crippen LogP contribution < -0.4 is 4.74 Å². The monoisotopic (exact) mass is 271 g/mol. The largest absolute Gasteiger partial charge is 0.495 e. The van der Waals surface area contributed by atoms with E-state index < -0.39 is 0 Å². The van der Waals surface area contributed by atoms with Gasteiger partial charge in [0.05, 0.1) is 13.3 Å². The predicted molar refractivity (Wildman–Crippen MR) is 79.5 cm³/mol. The van der Waals surface area contributed by atoms with E-state index in [1.54, 1.807) is 7.11 Å². The molecule has 0 N–H and O–H groups in total. The average molecular weight is 271 g/mol. The predicted octanol–water partition coefficient (Wildman–Crippen LogP) is 2.41. The summed E-state index contributed by atoms with van der Waals surface area (Å²) in [6.07, 6.45) is 6.73. The van der Waals surface area contributed by atoms with E-state index in [1.807, 2.05) is 6.20 Å². The van der Waals surface area contributed by atoms with Crippen molar-refractivity contribution in [2.75, 3.05) is 27.2 Å². The molecule has 1 saturated carbocycles. The van der Waals surface area contributed by atoms with E-state index in [-0.39, 0.29) is 0 Å². The number of rotatable bonds is 2. The van der Waals surface area contributed by atoms with Crippen molar-refractivity contribution in [2.45, 2.75) is 31.7 Å². The van der Waals surface area contributed by atoms with E-state index in [0.717, 1.165) is 31.7 Å². The summed E-state index contributed by atoms with van der Waals surface area (Å²) in [5, 5.41) is 1.31. The maximum Gasteiger partial charge on any atom is 0.140 e. The van der Waals surface area contributed by atoms with Crippen LogP contribution in [0.4, 0.5) is 0 Å². The van der Waals surface area contributed by atoms with E-state index in [4.69, 9.17) is 9.72 Å². The van der Waals surface area contributed by atoms with Crippen molar-refractivity contribution < 1.29 is 4.74 Å². The van der Waals surface area contributed by atoms with Crippen LogP contribution in [-0.4, -0.2) is 41.7 Å². The van der Waals surface area contributed by atoms with Gasteiger partial charge < -0.3 is 14.2 Å². The maximum atomic E-state index is 5.37. The number of likely N-dealkylation sites (N-methyl/N-ethyl adjacent to an activating group) is 1. The highest BCUT2D eigenvalue weighted by molar-refractivity contribution is 5.84. The van der Waals surface area contributed by atoms with Crippen molar-refractivity contribution >= 4 is 11.0 Å². The molecule has 106 valence electrons. The van der Waals surface area contributed by atoms with Gasteiger partial charge in [0.25, 0.3) is 0 Å². The molecule has 20 heavy (non-hydrogen) atoms. The first-order chi connectivity index (χ1) is 9.78. The second-order valence-corrected chi connectivity index (χ2v) is 6.08. The molecule has 0 aromatic carbocycles. The number of pyridine rings is 1. The van der Waals surface area contributed by atoms with Gasteiger partial charge in [-0.25, -0.2) is 4.98 Å². The quantitative estimate of drug-likeness (QED) is 0.840. The Morgan fingerprint density at radius 2 is 2.05 bits per heavy atom. The zero-order chi connectivity index (χ0) is 13.7. The third-order valence-electron chi connectivity index (χ3n) is 4.66. The molecule has 4 heteroatoms. The molecule has 2 aliphatic rings. The van der Waals surface area contributed by atoms with Crippen LogP contribution in [0.5, 0.6) is 5.75 Å². The number of hydrogen-bond acceptors (Lipinski definition) is 3. The second kappa shape index (κ2) is 4.48. The van der Waals surface area contributed by atoms with E-state index in [9.17, 15) is 0 Å². The summed E-state index contributed by atoms with van der Waals surface area (Å²) in [7, 11) is 3.93. The number of nitrogens with zero attached hydrogens (tertiary/aromatic N) is 3. The lowest BCUT2D eigenvalue weighted by atomic mass is 10.1. The molecule has 0 unspecified atom stereocenters. The Morgan fingerprint density at radius 1 is 1.25 bits per heavy atom. The van der Waals surface area contributed by atoms with Crippen LogP contribution in [0.25, 0.3) is 11.0 Å². The van der Waals surface area contributed by atoms with Gasteiger partial charge in [0.2, 0.25) is 0 Å². The summed E-state index contributed by atoms with van der Waals surface area (Å²) in [5.41, 5.74) is 4.19. The summed E-state index contributed by atoms with van der Waals surface area (Å²) in [6.45, 7) is 2.28. The lowest BCUT2D eigenvalue weighted by molar-refractivity contribution is 0.350. The van der Waals surface area contributed by atoms with Crippen molar-refractivity contribution in [3.8, 4) is 5.75 Å². The third kappa shape index (κ3) is 1.82. The Balaban J connectivity index is 1.94. The van der Waals surface area contributed by atoms with Crippen LogP contribution in [0.15, 0.2) is 12.3 Å². The van der Waals surface area contributed by atoms with E-state index in [0.29, 0.717) is 6.04 Å². The summed E-state index contributed by atoms with van der Waals surface area (Å²) < 4.78 is 7.89. The first-order valence-electron chi connectivity index (χ1n) is 7.52. The normalized spacial score (nSPS) is 19.9. The number of aromatic nitrogens is 2. The van der Waals surface area contributed by atoms with Crippen LogP contribution in [0.2, 0.25) is 0 Å². The van der Waals surface area contributed by atoms with Crippen LogP contribution in [0, 0.1) is 0 Å². The van der Waals surface area contributed by atoms with E-state index in [1.165, 1.54) is 35.1 Å². The zero-order valence-electron chi connectivity index (χ0n) is 12.2. The van der Waals surface area contributed by atoms with Crippen molar-refractivity contribution in [1.29, 1.82) is 0 Å². The van der Waals surface area contributed by atoms with Crippen LogP contribution in [0.1, 0.15) is 30.1 Å². The first-order valence-corrected chi connectivity index (χ1v) is 7.52. The fraction of sp³-hybridized carbons (Fsp3) is 0.562. The molecule has 4 rings (SSSR count). The number of fused-ring (bicyclic) bond motifs is 3. The second-order valence-electron chi connectivity index (χ2n) is 6.08. The van der Waals surface area contributed by atoms with Crippen molar-refractivity contribution in [1.82, 2.24) is 14.5 Å². The van der Waals surface area contributed by atoms with Gasteiger partial charge in [0.15, 0.2) is 0 Å². The van der Waals surface area contributed by atoms with Gasteiger partial charge in [-0.2, -0.15) is 0 Å². The summed E-state index contributed by atoms with van der Waals surface area (Å²) >= 11 is 0. The fourth-order valence-electron chi connectivity index (χ4n) is 3.38. The van der Waals surface area contributed by atoms with Crippen LogP contribution in [-0.2, 0) is 12.8 Å². The molecular formula is C16H21N3O. The molecule has 0 saturated heterocycles. The molecule has 1 aliphatic carbocycles. The fourth-order valence-corrected chi connectivity index (χ4v) is 3.38. The molecule has 0 spiro atoms. The highest BCUT2D eigenvalue weighted by Crippen LogP contribution is 2.42. The maximum absolute atomic E-state index is 5.37. The Hall–Kier alpha value is -1.55. The Kier molecular flexibility index (Phi) is 2.74. The number of methoxy groups -OCH3 is 1. The lowest BCUT2D eigenvalue weighted by Crippen LogP contribution is -2.21. The van der Waals surface area contributed by atoms with Crippen molar-refractivity contribution in [3.05, 3.63) is 23.5 Å². The van der Waals surface area contributed by atoms with Gasteiger partial charge in [0, 0.05) is 36.6 Å². The molecule has 2 aromatic heterocycles. The zero-order valence-corrected chi connectivity index (χ0v) is 12.2. The van der Waals surface area contributed by atoms with Gasteiger partial charge >= 0.3 is 0 Å². The molecule has 1 fully saturated rings. The van der Waals surface area contributed by atoms with Gasteiger partial charge in [-0.3, -0.25) is 0 Å². The number of hydrogen-bond donors (Lipinski definition) is 0. The molecule has 2 aromatic rings. The van der Waals surface area contributed by atoms with Crippen molar-refractivity contribution in [3.63, 3.8) is 0 Å². The van der Waals surface area contributed by atoms with Gasteiger partial charge in [-0.1, -0.05) is 0 Å². The lowest BCUT2D eigenvalue weighted by Gasteiger charge is -2.13. The smallest absolute Gasteiger partial charge is 0.140 e. The van der Waals surface area contributed by atoms with E-state index >= 15 is 0 Å². The third-order valence-corrected chi connectivity index (χ3v) is 4.66. The molecule has 0 atom stereocenters. The highest BCUT2D eigenvalue weighted by Gasteiger charge is 2.31. The molecule has 0 bridgehead atoms. The van der Waals surface area contributed by atoms with Gasteiger partial charge in [0.1, 0.15) is 11.4 Å². The Labute approximate surface area is 119 Å². The summed E-state index contributed by atoms with van der Waals surface area (Å²) in [6, 6.07) is 2.86.